The van der Waals surface area contributed by atoms with Gasteiger partial charge in [0.1, 0.15) is 0 Å². The van der Waals surface area contributed by atoms with E-state index in [0.29, 0.717) is 19.0 Å². The number of aromatic nitrogens is 2. The molecule has 1 atom stereocenters. The van der Waals surface area contributed by atoms with E-state index in [9.17, 15) is 9.00 Å². The Hall–Kier alpha value is -2.51. The second kappa shape index (κ2) is 8.67. The maximum Gasteiger partial charge on any atom is 0.230 e. The van der Waals surface area contributed by atoms with Crippen molar-refractivity contribution in [1.82, 2.24) is 10.2 Å². The maximum atomic E-state index is 12.6. The van der Waals surface area contributed by atoms with Gasteiger partial charge in [0.25, 0.3) is 0 Å². The van der Waals surface area contributed by atoms with E-state index in [1.807, 2.05) is 48.5 Å². The molecule has 3 aromatic rings. The van der Waals surface area contributed by atoms with Crippen molar-refractivity contribution in [2.24, 2.45) is 0 Å². The molecular formula is C21H23N3O3S. The predicted molar refractivity (Wildman–Crippen MR) is 111 cm³/mol. The van der Waals surface area contributed by atoms with Crippen molar-refractivity contribution in [1.29, 1.82) is 0 Å². The molecule has 1 aliphatic heterocycles. The summed E-state index contributed by atoms with van der Waals surface area (Å²) < 4.78 is 17.9. The number of fused-ring (bicyclic) bond motifs is 1. The number of ether oxygens (including phenoxy) is 1. The Balaban J connectivity index is 1.38. The Kier molecular flexibility index (Phi) is 5.83. The maximum absolute atomic E-state index is 12.6. The lowest BCUT2D eigenvalue weighted by Gasteiger charge is -2.21. The number of aromatic amines is 1. The quantitative estimate of drug-likeness (QED) is 0.669. The van der Waals surface area contributed by atoms with Gasteiger partial charge in [-0.15, -0.1) is 0 Å². The number of benzene rings is 2. The van der Waals surface area contributed by atoms with E-state index in [1.54, 1.807) is 0 Å². The molecule has 1 unspecified atom stereocenters. The summed E-state index contributed by atoms with van der Waals surface area (Å²) >= 11 is 0. The molecule has 7 heteroatoms. The number of H-pyrrole nitrogens is 1. The number of nitrogens with one attached hydrogen (secondary N) is 2. The Morgan fingerprint density at radius 2 is 2.00 bits per heavy atom. The number of amides is 1. The lowest BCUT2D eigenvalue weighted by molar-refractivity contribution is -0.115. The van der Waals surface area contributed by atoms with Gasteiger partial charge in [0.2, 0.25) is 5.91 Å². The van der Waals surface area contributed by atoms with Crippen LogP contribution >= 0.6 is 0 Å². The van der Waals surface area contributed by atoms with Crippen LogP contribution in [0.15, 0.2) is 48.5 Å². The Morgan fingerprint density at radius 1 is 1.18 bits per heavy atom. The van der Waals surface area contributed by atoms with Crippen LogP contribution in [0.5, 0.6) is 0 Å². The molecule has 1 saturated heterocycles. The predicted octanol–water partition coefficient (Wildman–Crippen LogP) is 3.17. The first-order valence-electron chi connectivity index (χ1n) is 9.45. The van der Waals surface area contributed by atoms with Gasteiger partial charge in [0.15, 0.2) is 0 Å². The summed E-state index contributed by atoms with van der Waals surface area (Å²) in [7, 11) is -0.926. The monoisotopic (exact) mass is 397 g/mol. The van der Waals surface area contributed by atoms with Crippen molar-refractivity contribution >= 4 is 33.3 Å². The molecule has 1 aromatic heterocycles. The zero-order valence-electron chi connectivity index (χ0n) is 15.5. The van der Waals surface area contributed by atoms with Gasteiger partial charge in [0, 0.05) is 46.1 Å². The van der Waals surface area contributed by atoms with Crippen LogP contribution in [-0.4, -0.2) is 38.8 Å². The van der Waals surface area contributed by atoms with Crippen molar-refractivity contribution in [3.05, 3.63) is 59.8 Å². The van der Waals surface area contributed by atoms with E-state index in [2.05, 4.69) is 15.5 Å². The third kappa shape index (κ3) is 4.48. The van der Waals surface area contributed by atoms with E-state index in [-0.39, 0.29) is 17.6 Å². The molecule has 0 spiro atoms. The Bertz CT molecular complexity index is 995. The number of hydrogen-bond acceptors (Lipinski definition) is 4. The molecule has 0 aliphatic carbocycles. The van der Waals surface area contributed by atoms with E-state index in [0.717, 1.165) is 40.7 Å². The molecular weight excluding hydrogens is 374 g/mol. The molecule has 1 amide bonds. The third-order valence-corrected chi connectivity index (χ3v) is 6.77. The number of anilines is 1. The number of carbonyl (C=O) groups is 1. The Labute approximate surface area is 166 Å². The average Bonchev–Trinajstić information content (AvgIpc) is 3.12. The molecule has 6 nitrogen and oxygen atoms in total. The molecule has 4 rings (SSSR count). The number of hydrogen-bond donors (Lipinski definition) is 2. The van der Waals surface area contributed by atoms with Crippen molar-refractivity contribution in [2.75, 3.05) is 18.5 Å². The lowest BCUT2D eigenvalue weighted by Crippen LogP contribution is -2.25. The highest BCUT2D eigenvalue weighted by Gasteiger charge is 2.20. The van der Waals surface area contributed by atoms with Crippen LogP contribution in [0, 0.1) is 0 Å². The van der Waals surface area contributed by atoms with Gasteiger partial charge in [-0.1, -0.05) is 30.3 Å². The fourth-order valence-electron chi connectivity index (χ4n) is 3.47. The number of nitrogens with zero attached hydrogens (tertiary/aromatic N) is 1. The molecule has 28 heavy (non-hydrogen) atoms. The first kappa shape index (κ1) is 18.8. The molecule has 1 aliphatic rings. The van der Waals surface area contributed by atoms with Gasteiger partial charge in [-0.05, 0) is 36.6 Å². The van der Waals surface area contributed by atoms with Crippen molar-refractivity contribution in [3.63, 3.8) is 0 Å². The highest BCUT2D eigenvalue weighted by atomic mass is 32.2. The van der Waals surface area contributed by atoms with E-state index in [1.165, 1.54) is 0 Å². The number of para-hydroxylation sites is 1. The second-order valence-corrected chi connectivity index (χ2v) is 8.70. The molecule has 0 bridgehead atoms. The fraction of sp³-hybridized carbons (Fsp3) is 0.333. The minimum Gasteiger partial charge on any atom is -0.381 e. The molecule has 2 aromatic carbocycles. The minimum atomic E-state index is -0.926. The van der Waals surface area contributed by atoms with Gasteiger partial charge in [-0.3, -0.25) is 14.1 Å². The highest BCUT2D eigenvalue weighted by Crippen LogP contribution is 2.20. The van der Waals surface area contributed by atoms with Gasteiger partial charge < -0.3 is 10.1 Å². The van der Waals surface area contributed by atoms with Crippen LogP contribution in [0.1, 0.15) is 24.1 Å². The van der Waals surface area contributed by atoms with Gasteiger partial charge >= 0.3 is 0 Å². The van der Waals surface area contributed by atoms with Crippen molar-refractivity contribution in [3.8, 4) is 0 Å². The normalized spacial score (nSPS) is 16.1. The average molecular weight is 398 g/mol. The molecule has 0 radical (unpaired) electrons. The first-order valence-corrected chi connectivity index (χ1v) is 10.8. The lowest BCUT2D eigenvalue weighted by atomic mass is 10.1. The van der Waals surface area contributed by atoms with Crippen LogP contribution in [-0.2, 0) is 32.5 Å². The van der Waals surface area contributed by atoms with E-state index in [4.69, 9.17) is 4.74 Å². The fourth-order valence-corrected chi connectivity index (χ4v) is 4.94. The second-order valence-electron chi connectivity index (χ2n) is 6.98. The van der Waals surface area contributed by atoms with Gasteiger partial charge in [-0.2, -0.15) is 5.10 Å². The molecule has 2 N–H and O–H groups in total. The van der Waals surface area contributed by atoms with Gasteiger partial charge in [-0.25, -0.2) is 0 Å². The number of carbonyl (C=O) groups excluding carboxylic acids is 1. The molecule has 1 fully saturated rings. The topological polar surface area (TPSA) is 84.1 Å². The van der Waals surface area contributed by atoms with Gasteiger partial charge in [0.05, 0.1) is 17.6 Å². The molecule has 146 valence electrons. The summed E-state index contributed by atoms with van der Waals surface area (Å²) in [5, 5.41) is 11.2. The zero-order valence-corrected chi connectivity index (χ0v) is 16.3. The van der Waals surface area contributed by atoms with Crippen molar-refractivity contribution < 1.29 is 13.7 Å². The molecule has 2 heterocycles. The largest absolute Gasteiger partial charge is 0.381 e. The zero-order chi connectivity index (χ0) is 19.3. The molecule has 0 saturated carbocycles. The van der Waals surface area contributed by atoms with Crippen LogP contribution in [0.4, 0.5) is 5.69 Å². The highest BCUT2D eigenvalue weighted by molar-refractivity contribution is 7.84. The minimum absolute atomic E-state index is 0.114. The summed E-state index contributed by atoms with van der Waals surface area (Å²) in [5.41, 5.74) is 3.33. The van der Waals surface area contributed by atoms with Crippen LogP contribution in [0.25, 0.3) is 10.9 Å². The summed E-state index contributed by atoms with van der Waals surface area (Å²) in [6.07, 6.45) is 1.92. The van der Waals surface area contributed by atoms with E-state index < -0.39 is 10.8 Å². The summed E-state index contributed by atoms with van der Waals surface area (Å²) in [6.45, 7) is 1.38. The van der Waals surface area contributed by atoms with Crippen molar-refractivity contribution in [2.45, 2.75) is 30.3 Å². The summed E-state index contributed by atoms with van der Waals surface area (Å²) in [4.78, 5) is 12.5. The SMILES string of the molecule is O=C(Cc1[nH]nc2ccccc12)Nc1cccc(CS(=O)C2CCOCC2)c1. The Morgan fingerprint density at radius 3 is 2.86 bits per heavy atom. The summed E-state index contributed by atoms with van der Waals surface area (Å²) in [5.74, 6) is 0.386. The first-order chi connectivity index (χ1) is 13.7. The van der Waals surface area contributed by atoms with Crippen LogP contribution in [0.2, 0.25) is 0 Å². The number of rotatable bonds is 6. The van der Waals surface area contributed by atoms with Crippen LogP contribution in [0.3, 0.4) is 0 Å². The van der Waals surface area contributed by atoms with E-state index >= 15 is 0 Å². The summed E-state index contributed by atoms with van der Waals surface area (Å²) in [6, 6.07) is 15.3. The van der Waals surface area contributed by atoms with Crippen LogP contribution < -0.4 is 5.32 Å². The third-order valence-electron chi connectivity index (χ3n) is 4.94. The standard InChI is InChI=1S/C21H23N3O3S/c25-21(13-20-18-6-1-2-7-19(18)23-24-20)22-16-5-3-4-15(12-16)14-28(26)17-8-10-27-11-9-17/h1-7,12,17H,8-11,13-14H2,(H,22,25)(H,23,24). The smallest absolute Gasteiger partial charge is 0.230 e.